The van der Waals surface area contributed by atoms with E-state index in [0.717, 1.165) is 0 Å². The summed E-state index contributed by atoms with van der Waals surface area (Å²) < 4.78 is 0. The summed E-state index contributed by atoms with van der Waals surface area (Å²) in [4.78, 5) is 0. The summed E-state index contributed by atoms with van der Waals surface area (Å²) in [7, 11) is 0. The molecule has 7 heavy (non-hydrogen) atoms. The molecule has 0 aromatic carbocycles. The normalized spacial score (nSPS) is 0. The second kappa shape index (κ2) is 146. The third-order valence-corrected chi connectivity index (χ3v) is 0. The minimum Gasteiger partial charge on any atom is -1.00 e. The van der Waals surface area contributed by atoms with Crippen LogP contribution >= 0.6 is 0 Å². The fraction of sp³-hybridized carbons (Fsp3) is 0. The fourth-order valence-electron chi connectivity index (χ4n) is 0. The van der Waals surface area contributed by atoms with Crippen molar-refractivity contribution in [3.8, 4) is 0 Å². The molecule has 12 radical (unpaired) electrons. The first-order valence-corrected chi connectivity index (χ1v) is 0. The van der Waals surface area contributed by atoms with Crippen molar-refractivity contribution < 1.29 is 54.4 Å². The molecule has 0 aliphatic rings. The van der Waals surface area contributed by atoms with Crippen LogP contribution in [0.2, 0.25) is 0 Å². The third kappa shape index (κ3) is 104. The molecule has 44 valence electrons. The van der Waals surface area contributed by atoms with E-state index in [4.69, 9.17) is 0 Å². The maximum absolute atomic E-state index is 0. The van der Waals surface area contributed by atoms with Crippen LogP contribution in [0.5, 0.6) is 0 Å². The third-order valence-electron chi connectivity index (χ3n) is 0. The standard InChI is InChI=1S/2BrH.4N.Pd/h2*1H;;;;;/q;;;;;;+2/p-2. The summed E-state index contributed by atoms with van der Waals surface area (Å²) in [6.07, 6.45) is 0. The Morgan fingerprint density at radius 1 is 0.429 bits per heavy atom. The van der Waals surface area contributed by atoms with E-state index in [1.54, 1.807) is 0 Å². The molecule has 4 nitrogen and oxygen atoms in total. The number of nitrogens with zero attached hydrogens (tertiary/aromatic N) is 4. The Bertz CT molecular complexity index is 9.65. The van der Waals surface area contributed by atoms with Gasteiger partial charge in [0.1, 0.15) is 0 Å². The van der Waals surface area contributed by atoms with Gasteiger partial charge in [0.2, 0.25) is 0 Å². The topological polar surface area (TPSA) is 122 Å². The van der Waals surface area contributed by atoms with Gasteiger partial charge >= 0.3 is 20.4 Å². The molecule has 0 heterocycles. The van der Waals surface area contributed by atoms with Crippen molar-refractivity contribution in [2.45, 2.75) is 0 Å². The van der Waals surface area contributed by atoms with Crippen LogP contribution in [0, 0.1) is 0 Å². The number of rotatable bonds is 0. The van der Waals surface area contributed by atoms with E-state index in [1.807, 2.05) is 0 Å². The summed E-state index contributed by atoms with van der Waals surface area (Å²) in [6.45, 7) is 0. The first kappa shape index (κ1) is 220. The van der Waals surface area contributed by atoms with E-state index in [-0.39, 0.29) is 79.0 Å². The van der Waals surface area contributed by atoms with E-state index in [2.05, 4.69) is 0 Å². The Labute approximate surface area is 78.7 Å². The van der Waals surface area contributed by atoms with Gasteiger partial charge in [-0.1, -0.05) is 0 Å². The van der Waals surface area contributed by atoms with Gasteiger partial charge in [-0.15, -0.1) is 0 Å². The summed E-state index contributed by atoms with van der Waals surface area (Å²) in [5.74, 6) is 0. The molecule has 0 spiro atoms. The van der Waals surface area contributed by atoms with Crippen molar-refractivity contribution in [1.29, 1.82) is 0 Å². The molecule has 0 saturated heterocycles. The SMILES string of the molecule is [Br-].[Br-].[N].[N].[N].[N].[Pd+2]. The van der Waals surface area contributed by atoms with Crippen LogP contribution in [0.3, 0.4) is 0 Å². The Balaban J connectivity index is 0. The molecular formula is Br2N4Pd. The van der Waals surface area contributed by atoms with Gasteiger partial charge in [0.05, 0.1) is 0 Å². The van der Waals surface area contributed by atoms with Crippen molar-refractivity contribution in [3.63, 3.8) is 0 Å². The second-order valence-electron chi connectivity index (χ2n) is 0. The summed E-state index contributed by atoms with van der Waals surface area (Å²) >= 11 is 0. The second-order valence-corrected chi connectivity index (χ2v) is 0. The minimum absolute atomic E-state index is 0. The first-order chi connectivity index (χ1) is 0. The predicted molar refractivity (Wildman–Crippen MR) is 8.54 cm³/mol. The molecule has 0 fully saturated rings. The van der Waals surface area contributed by atoms with Crippen LogP contribution in [-0.2, 0) is 20.4 Å². The molecule has 0 unspecified atom stereocenters. The van der Waals surface area contributed by atoms with E-state index >= 15 is 0 Å². The zero-order valence-corrected chi connectivity index (χ0v) is 7.59. The van der Waals surface area contributed by atoms with E-state index < -0.39 is 0 Å². The van der Waals surface area contributed by atoms with E-state index in [1.165, 1.54) is 0 Å². The number of hydrogen-bond acceptors (Lipinski definition) is 0. The summed E-state index contributed by atoms with van der Waals surface area (Å²) in [6, 6.07) is 0. The molecule has 7 heteroatoms. The molecule has 0 atom stereocenters. The fourth-order valence-corrected chi connectivity index (χ4v) is 0. The quantitative estimate of drug-likeness (QED) is 0.393. The van der Waals surface area contributed by atoms with Gasteiger partial charge in [0.25, 0.3) is 0 Å². The maximum Gasteiger partial charge on any atom is 2.00 e. The van der Waals surface area contributed by atoms with Crippen molar-refractivity contribution in [3.05, 3.63) is 0 Å². The summed E-state index contributed by atoms with van der Waals surface area (Å²) in [5, 5.41) is 0. The summed E-state index contributed by atoms with van der Waals surface area (Å²) in [5.41, 5.74) is 0. The van der Waals surface area contributed by atoms with Crippen LogP contribution in [0.4, 0.5) is 0 Å². The molecule has 0 rings (SSSR count). The largest absolute Gasteiger partial charge is 2.00 e. The van der Waals surface area contributed by atoms with Crippen LogP contribution in [0.1, 0.15) is 0 Å². The van der Waals surface area contributed by atoms with E-state index in [9.17, 15) is 0 Å². The van der Waals surface area contributed by atoms with Gasteiger partial charge in [-0.2, -0.15) is 0 Å². The molecule has 0 bridgehead atoms. The van der Waals surface area contributed by atoms with Crippen molar-refractivity contribution in [1.82, 2.24) is 24.6 Å². The average molecular weight is 322 g/mol. The number of hydrogen-bond donors (Lipinski definition) is 0. The Morgan fingerprint density at radius 2 is 0.429 bits per heavy atom. The molecule has 0 aromatic rings. The molecule has 0 aliphatic heterocycles. The first-order valence-electron chi connectivity index (χ1n) is 0. The monoisotopic (exact) mass is 320 g/mol. The van der Waals surface area contributed by atoms with Crippen molar-refractivity contribution in [2.24, 2.45) is 0 Å². The molecule has 0 saturated carbocycles. The minimum atomic E-state index is 0. The molecular weight excluding hydrogens is 322 g/mol. The van der Waals surface area contributed by atoms with Gasteiger partial charge in [-0.05, 0) is 0 Å². The molecule has 0 N–H and O–H groups in total. The van der Waals surface area contributed by atoms with Crippen molar-refractivity contribution in [2.75, 3.05) is 0 Å². The maximum atomic E-state index is 0. The zero-order valence-electron chi connectivity index (χ0n) is 2.86. The number of halogens is 2. The zero-order chi connectivity index (χ0) is 0. The Morgan fingerprint density at radius 3 is 0.429 bits per heavy atom. The van der Waals surface area contributed by atoms with Crippen LogP contribution in [-0.4, -0.2) is 0 Å². The van der Waals surface area contributed by atoms with E-state index in [0.29, 0.717) is 0 Å². The predicted octanol–water partition coefficient (Wildman–Crippen LogP) is -7.92. The molecule has 0 amide bonds. The van der Waals surface area contributed by atoms with Gasteiger partial charge in [-0.25, -0.2) is 0 Å². The van der Waals surface area contributed by atoms with Crippen LogP contribution in [0.25, 0.3) is 0 Å². The van der Waals surface area contributed by atoms with Crippen LogP contribution in [0.15, 0.2) is 0 Å². The Hall–Kier alpha value is 1.46. The smallest absolute Gasteiger partial charge is 1.00 e. The Kier molecular flexibility index (Phi) is 4590. The van der Waals surface area contributed by atoms with Crippen LogP contribution < -0.4 is 58.6 Å². The van der Waals surface area contributed by atoms with Gasteiger partial charge in [0, 0.05) is 24.6 Å². The van der Waals surface area contributed by atoms with Gasteiger partial charge in [-0.3, -0.25) is 0 Å². The van der Waals surface area contributed by atoms with Gasteiger partial charge < -0.3 is 34.0 Å². The molecule has 0 aliphatic carbocycles. The molecule has 0 aromatic heterocycles. The average Bonchev–Trinajstić information content (AvgIpc) is 0. The van der Waals surface area contributed by atoms with Gasteiger partial charge in [0.15, 0.2) is 0 Å². The van der Waals surface area contributed by atoms with Crippen molar-refractivity contribution >= 4 is 0 Å².